The monoisotopic (exact) mass is 382 g/mol. The molecule has 0 spiro atoms. The predicted octanol–water partition coefficient (Wildman–Crippen LogP) is 2.60. The molecule has 140 valence electrons. The van der Waals surface area contributed by atoms with Crippen molar-refractivity contribution in [3.63, 3.8) is 0 Å². The van der Waals surface area contributed by atoms with Crippen LogP contribution in [-0.2, 0) is 19.1 Å². The molecule has 1 aromatic rings. The van der Waals surface area contributed by atoms with Gasteiger partial charge in [-0.25, -0.2) is 27.2 Å². The molecule has 0 N–H and O–H groups in total. The minimum atomic E-state index is -1.96. The number of hydrogen-bond donors (Lipinski definition) is 0. The van der Waals surface area contributed by atoms with Gasteiger partial charge in [0, 0.05) is 6.20 Å². The second-order valence-corrected chi connectivity index (χ2v) is 4.91. The van der Waals surface area contributed by atoms with Crippen molar-refractivity contribution in [3.8, 4) is 6.07 Å². The SMILES string of the molecule is COC(=O)C1=C(C(=O)OC)N(c2c(F)c(F)c(C#N)c(F)c2F)C=CC=C1. The first-order valence-corrected chi connectivity index (χ1v) is 7.11. The van der Waals surface area contributed by atoms with Gasteiger partial charge < -0.3 is 14.4 Å². The lowest BCUT2D eigenvalue weighted by Crippen LogP contribution is -2.29. The van der Waals surface area contributed by atoms with Gasteiger partial charge in [-0.3, -0.25) is 0 Å². The van der Waals surface area contributed by atoms with E-state index in [1.54, 1.807) is 0 Å². The van der Waals surface area contributed by atoms with Gasteiger partial charge >= 0.3 is 11.9 Å². The second kappa shape index (κ2) is 7.74. The van der Waals surface area contributed by atoms with Crippen LogP contribution < -0.4 is 4.90 Å². The summed E-state index contributed by atoms with van der Waals surface area (Å²) in [6, 6.07) is 1.01. The molecule has 2 rings (SSSR count). The van der Waals surface area contributed by atoms with E-state index < -0.39 is 57.7 Å². The highest BCUT2D eigenvalue weighted by molar-refractivity contribution is 6.05. The molecular formula is C17H10F4N2O4. The Bertz CT molecular complexity index is 932. The third-order valence-corrected chi connectivity index (χ3v) is 3.48. The van der Waals surface area contributed by atoms with E-state index in [0.717, 1.165) is 38.6 Å². The van der Waals surface area contributed by atoms with Gasteiger partial charge in [-0.1, -0.05) is 6.08 Å². The third kappa shape index (κ3) is 3.27. The fourth-order valence-electron chi connectivity index (χ4n) is 2.27. The number of anilines is 1. The maximum absolute atomic E-state index is 14.4. The van der Waals surface area contributed by atoms with Gasteiger partial charge in [-0.15, -0.1) is 0 Å². The van der Waals surface area contributed by atoms with Crippen molar-refractivity contribution < 1.29 is 36.6 Å². The zero-order valence-corrected chi connectivity index (χ0v) is 13.8. The highest BCUT2D eigenvalue weighted by Crippen LogP contribution is 2.35. The molecule has 1 aliphatic heterocycles. The molecule has 0 bridgehead atoms. The molecule has 0 fully saturated rings. The Morgan fingerprint density at radius 3 is 2.00 bits per heavy atom. The van der Waals surface area contributed by atoms with Gasteiger partial charge in [-0.05, 0) is 12.2 Å². The largest absolute Gasteiger partial charge is 0.465 e. The zero-order valence-electron chi connectivity index (χ0n) is 13.8. The van der Waals surface area contributed by atoms with E-state index in [1.165, 1.54) is 6.08 Å². The first kappa shape index (κ1) is 19.7. The second-order valence-electron chi connectivity index (χ2n) is 4.91. The lowest BCUT2D eigenvalue weighted by atomic mass is 10.1. The molecule has 0 aromatic heterocycles. The molecule has 27 heavy (non-hydrogen) atoms. The summed E-state index contributed by atoms with van der Waals surface area (Å²) in [5, 5.41) is 8.67. The van der Waals surface area contributed by atoms with Crippen LogP contribution in [-0.4, -0.2) is 26.2 Å². The normalized spacial score (nSPS) is 13.3. The number of carbonyl (C=O) groups is 2. The number of ether oxygens (including phenoxy) is 2. The van der Waals surface area contributed by atoms with Crippen molar-refractivity contribution in [2.75, 3.05) is 19.1 Å². The van der Waals surface area contributed by atoms with E-state index in [0.29, 0.717) is 4.90 Å². The van der Waals surface area contributed by atoms with Crippen LogP contribution in [0.4, 0.5) is 23.2 Å². The van der Waals surface area contributed by atoms with Crippen LogP contribution in [0.5, 0.6) is 0 Å². The first-order chi connectivity index (χ1) is 12.8. The molecular weight excluding hydrogens is 372 g/mol. The molecule has 0 unspecified atom stereocenters. The van der Waals surface area contributed by atoms with Gasteiger partial charge in [0.1, 0.15) is 23.0 Å². The van der Waals surface area contributed by atoms with Crippen molar-refractivity contribution >= 4 is 17.6 Å². The van der Waals surface area contributed by atoms with E-state index in [2.05, 4.69) is 9.47 Å². The number of nitriles is 1. The van der Waals surface area contributed by atoms with Crippen molar-refractivity contribution in [1.29, 1.82) is 5.26 Å². The number of nitrogens with zero attached hydrogens (tertiary/aromatic N) is 2. The Balaban J connectivity index is 2.90. The molecule has 1 aliphatic rings. The molecule has 0 atom stereocenters. The van der Waals surface area contributed by atoms with Crippen molar-refractivity contribution in [1.82, 2.24) is 0 Å². The quantitative estimate of drug-likeness (QED) is 0.454. The number of hydrogen-bond acceptors (Lipinski definition) is 6. The fourth-order valence-corrected chi connectivity index (χ4v) is 2.27. The summed E-state index contributed by atoms with van der Waals surface area (Å²) in [5.41, 5.74) is -4.07. The highest BCUT2D eigenvalue weighted by atomic mass is 19.2. The van der Waals surface area contributed by atoms with Crippen LogP contribution in [0.2, 0.25) is 0 Å². The number of allylic oxidation sites excluding steroid dienone is 2. The summed E-state index contributed by atoms with van der Waals surface area (Å²) in [6.45, 7) is 0. The zero-order chi connectivity index (χ0) is 20.3. The molecule has 10 heteroatoms. The molecule has 0 radical (unpaired) electrons. The molecule has 0 saturated heterocycles. The van der Waals surface area contributed by atoms with E-state index >= 15 is 0 Å². The molecule has 6 nitrogen and oxygen atoms in total. The molecule has 1 aromatic carbocycles. The summed E-state index contributed by atoms with van der Waals surface area (Å²) in [7, 11) is 1.91. The standard InChI is InChI=1S/C17H10F4N2O4/c1-26-16(24)8-5-3-4-6-23(14(8)17(25)27-2)15-12(20)10(18)9(7-22)11(19)13(15)21/h3-6H,1-2H3. The average Bonchev–Trinajstić information content (AvgIpc) is 2.89. The Kier molecular flexibility index (Phi) is 5.65. The van der Waals surface area contributed by atoms with Crippen molar-refractivity contribution in [3.05, 3.63) is 64.5 Å². The van der Waals surface area contributed by atoms with Crippen molar-refractivity contribution in [2.45, 2.75) is 0 Å². The van der Waals surface area contributed by atoms with Crippen molar-refractivity contribution in [2.24, 2.45) is 0 Å². The van der Waals surface area contributed by atoms with E-state index in [-0.39, 0.29) is 0 Å². The maximum atomic E-state index is 14.4. The summed E-state index contributed by atoms with van der Waals surface area (Å²) in [5.74, 6) is -10.1. The number of rotatable bonds is 3. The molecule has 0 aliphatic carbocycles. The Morgan fingerprint density at radius 1 is 0.963 bits per heavy atom. The summed E-state index contributed by atoms with van der Waals surface area (Å²) >= 11 is 0. The van der Waals surface area contributed by atoms with Gasteiger partial charge in [0.2, 0.25) is 0 Å². The maximum Gasteiger partial charge on any atom is 0.355 e. The Labute approximate surface area is 150 Å². The topological polar surface area (TPSA) is 79.6 Å². The first-order valence-electron chi connectivity index (χ1n) is 7.11. The fraction of sp³-hybridized carbons (Fsp3) is 0.118. The van der Waals surface area contributed by atoms with E-state index in [9.17, 15) is 27.2 Å². The number of benzene rings is 1. The van der Waals surface area contributed by atoms with Crippen LogP contribution in [0.1, 0.15) is 5.56 Å². The van der Waals surface area contributed by atoms with Crippen LogP contribution in [0, 0.1) is 34.6 Å². The van der Waals surface area contributed by atoms with Gasteiger partial charge in [0.25, 0.3) is 0 Å². The smallest absolute Gasteiger partial charge is 0.355 e. The van der Waals surface area contributed by atoms with E-state index in [4.69, 9.17) is 5.26 Å². The van der Waals surface area contributed by atoms with Crippen LogP contribution in [0.15, 0.2) is 35.7 Å². The van der Waals surface area contributed by atoms with Gasteiger partial charge in [0.15, 0.2) is 23.3 Å². The predicted molar refractivity (Wildman–Crippen MR) is 82.8 cm³/mol. The molecule has 0 saturated carbocycles. The van der Waals surface area contributed by atoms with Crippen LogP contribution >= 0.6 is 0 Å². The Hall–Kier alpha value is -3.61. The summed E-state index contributed by atoms with van der Waals surface area (Å²) < 4.78 is 65.9. The van der Waals surface area contributed by atoms with E-state index in [1.807, 2.05) is 0 Å². The lowest BCUT2D eigenvalue weighted by molar-refractivity contribution is -0.139. The Morgan fingerprint density at radius 2 is 1.52 bits per heavy atom. The number of methoxy groups -OCH3 is 2. The number of halogens is 4. The summed E-state index contributed by atoms with van der Waals surface area (Å²) in [6.07, 6.45) is 4.33. The highest BCUT2D eigenvalue weighted by Gasteiger charge is 2.34. The minimum absolute atomic E-state index is 0.399. The van der Waals surface area contributed by atoms with Crippen LogP contribution in [0.3, 0.4) is 0 Å². The van der Waals surface area contributed by atoms with Crippen LogP contribution in [0.25, 0.3) is 0 Å². The van der Waals surface area contributed by atoms with Gasteiger partial charge in [0.05, 0.1) is 19.8 Å². The molecule has 1 heterocycles. The lowest BCUT2D eigenvalue weighted by Gasteiger charge is -2.24. The number of carbonyl (C=O) groups excluding carboxylic acids is 2. The summed E-state index contributed by atoms with van der Waals surface area (Å²) in [4.78, 5) is 24.5. The molecule has 0 amide bonds. The minimum Gasteiger partial charge on any atom is -0.465 e. The number of esters is 2. The van der Waals surface area contributed by atoms with Gasteiger partial charge in [-0.2, -0.15) is 5.26 Å². The average molecular weight is 382 g/mol. The third-order valence-electron chi connectivity index (χ3n) is 3.48.